The summed E-state index contributed by atoms with van der Waals surface area (Å²) in [7, 11) is 0. The van der Waals surface area contributed by atoms with Gasteiger partial charge in [-0.15, -0.1) is 0 Å². The van der Waals surface area contributed by atoms with Crippen LogP contribution < -0.4 is 0 Å². The molecule has 1 aromatic carbocycles. The summed E-state index contributed by atoms with van der Waals surface area (Å²) in [5.41, 5.74) is 0.779. The summed E-state index contributed by atoms with van der Waals surface area (Å²) in [6.45, 7) is 4.62. The SMILES string of the molecule is O=C1CCCN1CCCN1C(=O)CC[C@@H]2CN(Cc3ccc(F)c(F)c3)CC[C@@H]21. The molecular weight excluding hydrogens is 376 g/mol. The second kappa shape index (κ2) is 8.78. The first kappa shape index (κ1) is 20.3. The minimum atomic E-state index is -0.815. The molecule has 3 saturated heterocycles. The van der Waals surface area contributed by atoms with Gasteiger partial charge in [0.05, 0.1) is 0 Å². The second-order valence-electron chi connectivity index (χ2n) is 8.56. The molecule has 1 aromatic rings. The van der Waals surface area contributed by atoms with Crippen LogP contribution >= 0.6 is 0 Å². The van der Waals surface area contributed by atoms with E-state index >= 15 is 0 Å². The van der Waals surface area contributed by atoms with Gasteiger partial charge in [0, 0.05) is 58.2 Å². The fourth-order valence-corrected chi connectivity index (χ4v) is 5.13. The van der Waals surface area contributed by atoms with Crippen molar-refractivity contribution in [3.63, 3.8) is 0 Å². The molecule has 7 heteroatoms. The van der Waals surface area contributed by atoms with E-state index in [0.29, 0.717) is 31.8 Å². The zero-order chi connectivity index (χ0) is 20.4. The summed E-state index contributed by atoms with van der Waals surface area (Å²) in [5, 5.41) is 0. The highest BCUT2D eigenvalue weighted by molar-refractivity contribution is 5.78. The van der Waals surface area contributed by atoms with Crippen molar-refractivity contribution in [2.24, 2.45) is 5.92 Å². The third-order valence-electron chi connectivity index (χ3n) is 6.62. The third-order valence-corrected chi connectivity index (χ3v) is 6.62. The Balaban J connectivity index is 1.31. The number of benzene rings is 1. The van der Waals surface area contributed by atoms with Crippen LogP contribution in [-0.4, -0.2) is 65.3 Å². The van der Waals surface area contributed by atoms with Crippen molar-refractivity contribution in [3.05, 3.63) is 35.4 Å². The summed E-state index contributed by atoms with van der Waals surface area (Å²) in [6.07, 6.45) is 4.80. The maximum absolute atomic E-state index is 13.5. The average molecular weight is 405 g/mol. The Bertz CT molecular complexity index is 772. The van der Waals surface area contributed by atoms with E-state index in [1.54, 1.807) is 6.07 Å². The molecule has 3 heterocycles. The number of nitrogens with zero attached hydrogens (tertiary/aromatic N) is 3. The Kier molecular flexibility index (Phi) is 6.13. The molecule has 0 unspecified atom stereocenters. The molecule has 0 spiro atoms. The predicted molar refractivity (Wildman–Crippen MR) is 105 cm³/mol. The van der Waals surface area contributed by atoms with Crippen LogP contribution in [-0.2, 0) is 16.1 Å². The average Bonchev–Trinajstić information content (AvgIpc) is 3.11. The van der Waals surface area contributed by atoms with Crippen LogP contribution in [0.25, 0.3) is 0 Å². The maximum atomic E-state index is 13.5. The van der Waals surface area contributed by atoms with E-state index in [4.69, 9.17) is 0 Å². The molecule has 5 nitrogen and oxygen atoms in total. The first-order chi connectivity index (χ1) is 14.0. The number of fused-ring (bicyclic) bond motifs is 1. The number of carbonyl (C=O) groups is 2. The number of halogens is 2. The van der Waals surface area contributed by atoms with Gasteiger partial charge in [0.2, 0.25) is 11.8 Å². The van der Waals surface area contributed by atoms with Gasteiger partial charge < -0.3 is 9.80 Å². The van der Waals surface area contributed by atoms with Crippen molar-refractivity contribution >= 4 is 11.8 Å². The number of amides is 2. The zero-order valence-electron chi connectivity index (χ0n) is 16.8. The smallest absolute Gasteiger partial charge is 0.222 e. The Morgan fingerprint density at radius 2 is 1.83 bits per heavy atom. The molecule has 0 radical (unpaired) electrons. The van der Waals surface area contributed by atoms with Crippen molar-refractivity contribution in [1.82, 2.24) is 14.7 Å². The van der Waals surface area contributed by atoms with E-state index in [2.05, 4.69) is 4.90 Å². The van der Waals surface area contributed by atoms with Crippen molar-refractivity contribution in [2.45, 2.75) is 51.1 Å². The van der Waals surface area contributed by atoms with E-state index in [1.165, 1.54) is 12.1 Å². The van der Waals surface area contributed by atoms with Crippen LogP contribution in [0.3, 0.4) is 0 Å². The summed E-state index contributed by atoms with van der Waals surface area (Å²) in [4.78, 5) is 30.5. The van der Waals surface area contributed by atoms with Crippen LogP contribution in [0.1, 0.15) is 44.1 Å². The van der Waals surface area contributed by atoms with Gasteiger partial charge in [-0.05, 0) is 49.3 Å². The summed E-state index contributed by atoms with van der Waals surface area (Å²) < 4.78 is 26.6. The van der Waals surface area contributed by atoms with Gasteiger partial charge in [-0.2, -0.15) is 0 Å². The molecule has 0 aliphatic carbocycles. The lowest BCUT2D eigenvalue weighted by Gasteiger charge is -2.47. The molecule has 0 N–H and O–H groups in total. The second-order valence-corrected chi connectivity index (χ2v) is 8.56. The quantitative estimate of drug-likeness (QED) is 0.731. The first-order valence-corrected chi connectivity index (χ1v) is 10.7. The first-order valence-electron chi connectivity index (χ1n) is 10.7. The monoisotopic (exact) mass is 405 g/mol. The molecule has 29 heavy (non-hydrogen) atoms. The zero-order valence-corrected chi connectivity index (χ0v) is 16.8. The summed E-state index contributed by atoms with van der Waals surface area (Å²) in [6, 6.07) is 4.36. The van der Waals surface area contributed by atoms with Gasteiger partial charge >= 0.3 is 0 Å². The maximum Gasteiger partial charge on any atom is 0.222 e. The minimum Gasteiger partial charge on any atom is -0.343 e. The highest BCUT2D eigenvalue weighted by atomic mass is 19.2. The van der Waals surface area contributed by atoms with Gasteiger partial charge in [-0.25, -0.2) is 8.78 Å². The van der Waals surface area contributed by atoms with Crippen LogP contribution in [0.15, 0.2) is 18.2 Å². The summed E-state index contributed by atoms with van der Waals surface area (Å²) in [5.74, 6) is -0.737. The Morgan fingerprint density at radius 3 is 2.59 bits per heavy atom. The number of carbonyl (C=O) groups excluding carboxylic acids is 2. The lowest BCUT2D eigenvalue weighted by Crippen LogP contribution is -2.56. The molecule has 2 atom stereocenters. The van der Waals surface area contributed by atoms with Crippen molar-refractivity contribution < 1.29 is 18.4 Å². The molecule has 0 bridgehead atoms. The molecule has 0 saturated carbocycles. The van der Waals surface area contributed by atoms with E-state index in [1.807, 2.05) is 9.80 Å². The largest absolute Gasteiger partial charge is 0.343 e. The van der Waals surface area contributed by atoms with E-state index in [9.17, 15) is 18.4 Å². The van der Waals surface area contributed by atoms with E-state index in [0.717, 1.165) is 57.4 Å². The van der Waals surface area contributed by atoms with Crippen LogP contribution in [0.4, 0.5) is 8.78 Å². The van der Waals surface area contributed by atoms with Crippen molar-refractivity contribution in [1.29, 1.82) is 0 Å². The highest BCUT2D eigenvalue weighted by Gasteiger charge is 2.39. The predicted octanol–water partition coefficient (Wildman–Crippen LogP) is 2.79. The van der Waals surface area contributed by atoms with Crippen molar-refractivity contribution in [3.8, 4) is 0 Å². The van der Waals surface area contributed by atoms with Gasteiger partial charge in [0.25, 0.3) is 0 Å². The molecule has 0 aromatic heterocycles. The number of hydrogen-bond donors (Lipinski definition) is 0. The topological polar surface area (TPSA) is 43.9 Å². The minimum absolute atomic E-state index is 0.230. The number of piperidine rings is 2. The van der Waals surface area contributed by atoms with E-state index < -0.39 is 11.6 Å². The molecule has 3 aliphatic rings. The fraction of sp³-hybridized carbons (Fsp3) is 0.636. The molecule has 2 amide bonds. The fourth-order valence-electron chi connectivity index (χ4n) is 5.13. The molecule has 3 fully saturated rings. The Hall–Kier alpha value is -2.02. The standard InChI is InChI=1S/C22H29F2N3O2/c23-18-6-4-16(13-19(18)24)14-25-12-8-20-17(15-25)5-7-22(29)27(20)11-2-10-26-9-1-3-21(26)28/h4,6,13,17,20H,1-3,5,7-12,14-15H2/t17-,20+/m1/s1. The van der Waals surface area contributed by atoms with Gasteiger partial charge in [-0.1, -0.05) is 6.07 Å². The van der Waals surface area contributed by atoms with Crippen LogP contribution in [0.2, 0.25) is 0 Å². The third kappa shape index (κ3) is 4.60. The molecule has 4 rings (SSSR count). The van der Waals surface area contributed by atoms with Gasteiger partial charge in [0.15, 0.2) is 11.6 Å². The number of likely N-dealkylation sites (tertiary alicyclic amines) is 3. The van der Waals surface area contributed by atoms with Gasteiger partial charge in [-0.3, -0.25) is 14.5 Å². The Morgan fingerprint density at radius 1 is 0.966 bits per heavy atom. The lowest BCUT2D eigenvalue weighted by atomic mass is 9.83. The van der Waals surface area contributed by atoms with Crippen molar-refractivity contribution in [2.75, 3.05) is 32.7 Å². The molecule has 158 valence electrons. The van der Waals surface area contributed by atoms with Gasteiger partial charge in [0.1, 0.15) is 0 Å². The summed E-state index contributed by atoms with van der Waals surface area (Å²) >= 11 is 0. The van der Waals surface area contributed by atoms with Crippen LogP contribution in [0.5, 0.6) is 0 Å². The molecule has 3 aliphatic heterocycles. The Labute approximate surface area is 170 Å². The highest BCUT2D eigenvalue weighted by Crippen LogP contribution is 2.32. The normalized spacial score (nSPS) is 25.6. The number of hydrogen-bond acceptors (Lipinski definition) is 3. The van der Waals surface area contributed by atoms with Crippen LogP contribution in [0, 0.1) is 17.6 Å². The lowest BCUT2D eigenvalue weighted by molar-refractivity contribution is -0.141. The number of rotatable bonds is 6. The molecular formula is C22H29F2N3O2. The van der Waals surface area contributed by atoms with E-state index in [-0.39, 0.29) is 17.9 Å².